The topological polar surface area (TPSA) is 270 Å². The highest BCUT2D eigenvalue weighted by Gasteiger charge is 2.23. The maximum absolute atomic E-state index is 12.0. The van der Waals surface area contributed by atoms with Gasteiger partial charge in [0.05, 0.1) is 24.8 Å². The summed E-state index contributed by atoms with van der Waals surface area (Å²) in [5, 5.41) is 28.2. The molecule has 19 heteroatoms. The first kappa shape index (κ1) is 27.0. The average molecular weight is 559 g/mol. The quantitative estimate of drug-likeness (QED) is 0.0873. The number of pyridine rings is 1. The largest absolute Gasteiger partial charge is 0.480 e. The number of nitrogens with zero attached hydrogens (tertiary/aromatic N) is 4. The van der Waals surface area contributed by atoms with E-state index in [0.29, 0.717) is 12.0 Å². The minimum Gasteiger partial charge on any atom is -0.480 e. The Balaban J connectivity index is 2.32. The van der Waals surface area contributed by atoms with Crippen LogP contribution in [-0.2, 0) is 29.6 Å². The van der Waals surface area contributed by atoms with Gasteiger partial charge in [-0.1, -0.05) is 5.04 Å². The lowest BCUT2D eigenvalue weighted by Crippen LogP contribution is -2.03. The summed E-state index contributed by atoms with van der Waals surface area (Å²) in [5.41, 5.74) is 10.2. The van der Waals surface area contributed by atoms with Crippen molar-refractivity contribution in [2.45, 2.75) is 14.7 Å². The number of hydrogen-bond donors (Lipinski definition) is 5. The lowest BCUT2D eigenvalue weighted by Gasteiger charge is -2.11. The van der Waals surface area contributed by atoms with Gasteiger partial charge in [0.25, 0.3) is 20.2 Å². The average Bonchev–Trinajstić information content (AvgIpc) is 2.79. The van der Waals surface area contributed by atoms with E-state index in [1.807, 2.05) is 0 Å². The summed E-state index contributed by atoms with van der Waals surface area (Å²) in [4.78, 5) is 2.24. The van der Waals surface area contributed by atoms with E-state index in [1.54, 1.807) is 6.07 Å². The summed E-state index contributed by atoms with van der Waals surface area (Å²) in [6, 6.07) is 5.62. The first-order valence-corrected chi connectivity index (χ1v) is 12.6. The van der Waals surface area contributed by atoms with Crippen molar-refractivity contribution >= 4 is 65.9 Å². The summed E-state index contributed by atoms with van der Waals surface area (Å²) in [7, 11) is -8.65. The molecule has 2 aromatic carbocycles. The third-order valence-electron chi connectivity index (χ3n) is 4.45. The van der Waals surface area contributed by atoms with E-state index >= 15 is 0 Å². The number of ether oxygens (including phenoxy) is 1. The van der Waals surface area contributed by atoms with E-state index in [4.69, 9.17) is 21.5 Å². The molecule has 0 spiro atoms. The van der Waals surface area contributed by atoms with Crippen LogP contribution >= 0.6 is 12.0 Å². The summed E-state index contributed by atoms with van der Waals surface area (Å²) in [5.74, 6) is -0.537. The van der Waals surface area contributed by atoms with Gasteiger partial charge in [-0.25, -0.2) is 5.26 Å². The van der Waals surface area contributed by atoms with E-state index in [9.17, 15) is 31.2 Å². The fraction of sp³-hybridized carbons (Fsp3) is 0.0588. The minimum absolute atomic E-state index is 0.0475. The number of hydrogen-bond acceptors (Lipinski definition) is 15. The van der Waals surface area contributed by atoms with E-state index in [-0.39, 0.29) is 44.3 Å². The molecule has 0 aliphatic carbocycles. The molecule has 7 N–H and O–H groups in total. The molecule has 0 saturated carbocycles. The van der Waals surface area contributed by atoms with E-state index in [2.05, 4.69) is 24.6 Å². The van der Waals surface area contributed by atoms with E-state index < -0.39 is 35.7 Å². The summed E-state index contributed by atoms with van der Waals surface area (Å²) in [6.07, 6.45) is 0. The van der Waals surface area contributed by atoms with Crippen LogP contribution in [0.15, 0.2) is 49.2 Å². The Bertz CT molecular complexity index is 1650. The van der Waals surface area contributed by atoms with Crippen molar-refractivity contribution in [1.82, 2.24) is 4.98 Å². The van der Waals surface area contributed by atoms with Crippen molar-refractivity contribution in [2.75, 3.05) is 18.6 Å². The van der Waals surface area contributed by atoms with Crippen molar-refractivity contribution < 1.29 is 45.3 Å². The van der Waals surface area contributed by atoms with Crippen LogP contribution in [0.1, 0.15) is 5.56 Å². The first-order chi connectivity index (χ1) is 16.8. The number of benzene rings is 2. The van der Waals surface area contributed by atoms with Gasteiger partial charge in [-0.2, -0.15) is 27.1 Å². The highest BCUT2D eigenvalue weighted by atomic mass is 32.2. The lowest BCUT2D eigenvalue weighted by molar-refractivity contribution is -0.432. The van der Waals surface area contributed by atoms with Gasteiger partial charge in [0, 0.05) is 10.3 Å². The van der Waals surface area contributed by atoms with Crippen LogP contribution < -0.4 is 16.2 Å². The Kier molecular flexibility index (Phi) is 7.62. The van der Waals surface area contributed by atoms with Crippen LogP contribution in [0.3, 0.4) is 0 Å². The molecule has 0 aliphatic rings. The number of nitrogens with two attached hydrogens (primary N) is 2. The van der Waals surface area contributed by atoms with Gasteiger partial charge in [-0.05, 0) is 29.7 Å². The van der Waals surface area contributed by atoms with E-state index in [0.717, 1.165) is 18.2 Å². The fourth-order valence-corrected chi connectivity index (χ4v) is 4.87. The molecule has 16 nitrogen and oxygen atoms in total. The van der Waals surface area contributed by atoms with Crippen LogP contribution in [0.4, 0.5) is 22.9 Å². The van der Waals surface area contributed by atoms with Crippen molar-refractivity contribution in [3.8, 4) is 11.9 Å². The molecule has 1 aromatic heterocycles. The number of anilines is 2. The maximum atomic E-state index is 12.0. The van der Waals surface area contributed by atoms with Gasteiger partial charge < -0.3 is 16.2 Å². The van der Waals surface area contributed by atoms with Gasteiger partial charge >= 0.3 is 0 Å². The standard InChI is InChI=1S/C17H14N6O10S3/c1-31-17-10(6-18)14(19)15(16(20)21-17)23-22-11-5-9-7(3-13(11)36(28,29)30)2-8(34-33-32-24)4-12(9)35(25,26)27/h2-5,24H,1H3,(H4,19,20,21)(H,25,26,27)(H,28,29,30). The third kappa shape index (κ3) is 5.45. The van der Waals surface area contributed by atoms with Crippen molar-refractivity contribution in [1.29, 1.82) is 5.26 Å². The molecular weight excluding hydrogens is 544 g/mol. The number of nitriles is 1. The zero-order valence-corrected chi connectivity index (χ0v) is 20.1. The second-order valence-electron chi connectivity index (χ2n) is 6.59. The lowest BCUT2D eigenvalue weighted by atomic mass is 10.1. The van der Waals surface area contributed by atoms with Gasteiger partial charge in [0.1, 0.15) is 27.1 Å². The predicted octanol–water partition coefficient (Wildman–Crippen LogP) is 2.62. The highest BCUT2D eigenvalue weighted by molar-refractivity contribution is 7.94. The van der Waals surface area contributed by atoms with Crippen LogP contribution in [0, 0.1) is 11.3 Å². The van der Waals surface area contributed by atoms with Crippen molar-refractivity contribution in [3.05, 3.63) is 29.8 Å². The molecule has 36 heavy (non-hydrogen) atoms. The van der Waals surface area contributed by atoms with Crippen LogP contribution in [0.25, 0.3) is 10.8 Å². The molecule has 1 heterocycles. The molecule has 0 saturated heterocycles. The number of rotatable bonds is 8. The molecule has 0 amide bonds. The molecule has 0 bridgehead atoms. The second kappa shape index (κ2) is 10.2. The Morgan fingerprint density at radius 3 is 2.28 bits per heavy atom. The van der Waals surface area contributed by atoms with Crippen LogP contribution in [-0.4, -0.2) is 43.3 Å². The first-order valence-electron chi connectivity index (χ1n) is 8.98. The van der Waals surface area contributed by atoms with Crippen LogP contribution in [0.5, 0.6) is 5.88 Å². The molecule has 0 unspecified atom stereocenters. The minimum atomic E-state index is -4.97. The van der Waals surface area contributed by atoms with Crippen molar-refractivity contribution in [2.24, 2.45) is 10.2 Å². The number of aromatic nitrogens is 1. The second-order valence-corrected chi connectivity index (χ2v) is 10.1. The monoisotopic (exact) mass is 558 g/mol. The molecule has 3 aromatic rings. The Morgan fingerprint density at radius 2 is 1.72 bits per heavy atom. The van der Waals surface area contributed by atoms with Gasteiger partial charge in [-0.3, -0.25) is 9.11 Å². The SMILES string of the molecule is COc1nc(N)c(N=Nc2cc3c(S(=O)(=O)O)cc(SOOO)cc3cc2S(=O)(=O)O)c(N)c1C#N. The summed E-state index contributed by atoms with van der Waals surface area (Å²) < 4.78 is 76.6. The predicted molar refractivity (Wildman–Crippen MR) is 123 cm³/mol. The zero-order valence-electron chi connectivity index (χ0n) is 17.7. The molecule has 0 fully saturated rings. The number of methoxy groups -OCH3 is 1. The summed E-state index contributed by atoms with van der Waals surface area (Å²) in [6.45, 7) is 0. The molecule has 0 atom stereocenters. The summed E-state index contributed by atoms with van der Waals surface area (Å²) >= 11 is 0.327. The fourth-order valence-electron chi connectivity index (χ4n) is 2.97. The third-order valence-corrected chi connectivity index (χ3v) is 6.78. The molecule has 190 valence electrons. The zero-order chi connectivity index (χ0) is 26.8. The van der Waals surface area contributed by atoms with Gasteiger partial charge in [0.2, 0.25) is 5.88 Å². The normalized spacial score (nSPS) is 12.2. The molecule has 3 rings (SSSR count). The highest BCUT2D eigenvalue weighted by Crippen LogP contribution is 2.39. The van der Waals surface area contributed by atoms with Gasteiger partial charge in [-0.15, -0.1) is 14.6 Å². The Labute approximate surface area is 206 Å². The number of fused-ring (bicyclic) bond motifs is 1. The Morgan fingerprint density at radius 1 is 1.06 bits per heavy atom. The molecule has 0 radical (unpaired) electrons. The van der Waals surface area contributed by atoms with Crippen molar-refractivity contribution in [3.63, 3.8) is 0 Å². The maximum Gasteiger partial charge on any atom is 0.296 e. The number of nitrogen functional groups attached to an aromatic ring is 2. The Hall–Kier alpha value is -3.61. The smallest absolute Gasteiger partial charge is 0.296 e. The van der Waals surface area contributed by atoms with E-state index in [1.165, 1.54) is 13.2 Å². The van der Waals surface area contributed by atoms with Gasteiger partial charge in [0.15, 0.2) is 11.5 Å². The molecular formula is C17H14N6O10S3. The van der Waals surface area contributed by atoms with Crippen LogP contribution in [0.2, 0.25) is 0 Å². The number of azo groups is 1. The molecule has 0 aliphatic heterocycles.